The summed E-state index contributed by atoms with van der Waals surface area (Å²) in [5.41, 5.74) is 1.54. The first-order valence-corrected chi connectivity index (χ1v) is 8.90. The second-order valence-electron chi connectivity index (χ2n) is 6.52. The minimum absolute atomic E-state index is 0.165. The number of aromatic nitrogens is 4. The number of nitrogens with one attached hydrogen (secondary N) is 2. The van der Waals surface area contributed by atoms with Crippen LogP contribution in [-0.4, -0.2) is 32.2 Å². The zero-order valence-corrected chi connectivity index (χ0v) is 15.7. The number of rotatable bonds is 6. The van der Waals surface area contributed by atoms with Gasteiger partial charge in [0.15, 0.2) is 5.82 Å². The molecule has 0 spiro atoms. The largest absolute Gasteiger partial charge is 0.351 e. The third-order valence-electron chi connectivity index (χ3n) is 4.53. The summed E-state index contributed by atoms with van der Waals surface area (Å²) in [7, 11) is 0. The van der Waals surface area contributed by atoms with Gasteiger partial charge in [-0.25, -0.2) is 4.98 Å². The Bertz CT molecular complexity index is 991. The maximum Gasteiger partial charge on any atom is 0.264 e. The zero-order valence-electron chi connectivity index (χ0n) is 15.7. The average Bonchev–Trinajstić information content (AvgIpc) is 3.07. The lowest BCUT2D eigenvalue weighted by atomic mass is 10.1. The molecule has 0 saturated carbocycles. The third kappa shape index (κ3) is 4.13. The highest BCUT2D eigenvalue weighted by molar-refractivity contribution is 5.95. The summed E-state index contributed by atoms with van der Waals surface area (Å²) in [5, 5.41) is 9.60. The zero-order chi connectivity index (χ0) is 19.4. The van der Waals surface area contributed by atoms with E-state index >= 15 is 0 Å². The minimum atomic E-state index is -0.376. The quantitative estimate of drug-likeness (QED) is 0.700. The summed E-state index contributed by atoms with van der Waals surface area (Å²) in [6, 6.07) is 11.4. The smallest absolute Gasteiger partial charge is 0.264 e. The second kappa shape index (κ2) is 7.99. The molecule has 2 aromatic heterocycles. The van der Waals surface area contributed by atoms with E-state index in [2.05, 4.69) is 20.5 Å². The van der Waals surface area contributed by atoms with Crippen LogP contribution in [-0.2, 0) is 6.42 Å². The van der Waals surface area contributed by atoms with E-state index in [1.165, 1.54) is 0 Å². The monoisotopic (exact) mass is 365 g/mol. The number of amides is 1. The van der Waals surface area contributed by atoms with Crippen molar-refractivity contribution in [3.8, 4) is 0 Å². The number of carbonyl (C=O) groups is 1. The number of aryl methyl sites for hydroxylation is 2. The molecule has 140 valence electrons. The van der Waals surface area contributed by atoms with Crippen LogP contribution in [0.1, 0.15) is 46.1 Å². The molecule has 1 aromatic carbocycles. The Kier molecular flexibility index (Phi) is 5.49. The van der Waals surface area contributed by atoms with Crippen molar-refractivity contribution >= 4 is 5.91 Å². The molecule has 0 aliphatic heterocycles. The van der Waals surface area contributed by atoms with Crippen LogP contribution < -0.4 is 10.9 Å². The molecule has 2 N–H and O–H groups in total. The molecule has 1 unspecified atom stereocenters. The molecule has 1 amide bonds. The van der Waals surface area contributed by atoms with Crippen LogP contribution >= 0.6 is 0 Å². The number of benzene rings is 1. The van der Waals surface area contributed by atoms with Gasteiger partial charge in [0, 0.05) is 19.2 Å². The molecular formula is C20H23N5O2. The molecule has 0 fully saturated rings. The summed E-state index contributed by atoms with van der Waals surface area (Å²) in [4.78, 5) is 29.8. The van der Waals surface area contributed by atoms with E-state index in [1.807, 2.05) is 44.2 Å². The summed E-state index contributed by atoms with van der Waals surface area (Å²) < 4.78 is 1.59. The van der Waals surface area contributed by atoms with Gasteiger partial charge in [-0.1, -0.05) is 30.3 Å². The highest BCUT2D eigenvalue weighted by Gasteiger charge is 2.18. The SMILES string of the molecule is Cc1nc(CCNC(=O)c2c(C)ccn(C(C)c3ccccc3)c2=O)n[nH]1. The lowest BCUT2D eigenvalue weighted by molar-refractivity contribution is 0.0951. The van der Waals surface area contributed by atoms with Crippen molar-refractivity contribution in [1.29, 1.82) is 0 Å². The maximum absolute atomic E-state index is 13.0. The topological polar surface area (TPSA) is 92.7 Å². The summed E-state index contributed by atoms with van der Waals surface area (Å²) >= 11 is 0. The van der Waals surface area contributed by atoms with E-state index in [-0.39, 0.29) is 23.1 Å². The highest BCUT2D eigenvalue weighted by atomic mass is 16.2. The van der Waals surface area contributed by atoms with Crippen molar-refractivity contribution in [2.45, 2.75) is 33.2 Å². The minimum Gasteiger partial charge on any atom is -0.351 e. The number of carbonyl (C=O) groups excluding carboxylic acids is 1. The van der Waals surface area contributed by atoms with Crippen molar-refractivity contribution in [2.75, 3.05) is 6.54 Å². The van der Waals surface area contributed by atoms with Crippen LogP contribution in [0, 0.1) is 13.8 Å². The second-order valence-corrected chi connectivity index (χ2v) is 6.52. The van der Waals surface area contributed by atoms with Gasteiger partial charge in [-0.2, -0.15) is 5.10 Å². The maximum atomic E-state index is 13.0. The molecule has 0 aliphatic rings. The van der Waals surface area contributed by atoms with E-state index in [1.54, 1.807) is 23.8 Å². The fourth-order valence-corrected chi connectivity index (χ4v) is 2.99. The Morgan fingerprint density at radius 1 is 1.22 bits per heavy atom. The number of hydrogen-bond donors (Lipinski definition) is 2. The van der Waals surface area contributed by atoms with Gasteiger partial charge in [-0.15, -0.1) is 0 Å². The van der Waals surface area contributed by atoms with Crippen molar-refractivity contribution in [2.24, 2.45) is 0 Å². The summed E-state index contributed by atoms with van der Waals surface area (Å²) in [6.45, 7) is 5.89. The molecule has 3 aromatic rings. The molecule has 0 aliphatic carbocycles. The van der Waals surface area contributed by atoms with E-state index in [9.17, 15) is 9.59 Å². The first kappa shape index (κ1) is 18.6. The Labute approximate surface area is 157 Å². The van der Waals surface area contributed by atoms with Crippen LogP contribution in [0.4, 0.5) is 0 Å². The predicted octanol–water partition coefficient (Wildman–Crippen LogP) is 2.17. The van der Waals surface area contributed by atoms with E-state index in [4.69, 9.17) is 0 Å². The average molecular weight is 365 g/mol. The normalized spacial score (nSPS) is 12.0. The third-order valence-corrected chi connectivity index (χ3v) is 4.53. The van der Waals surface area contributed by atoms with E-state index < -0.39 is 0 Å². The lowest BCUT2D eigenvalue weighted by Crippen LogP contribution is -2.36. The number of hydrogen-bond acceptors (Lipinski definition) is 4. The highest BCUT2D eigenvalue weighted by Crippen LogP contribution is 2.16. The van der Waals surface area contributed by atoms with E-state index in [0.29, 0.717) is 24.4 Å². The molecule has 7 heteroatoms. The van der Waals surface area contributed by atoms with Crippen molar-refractivity contribution in [3.63, 3.8) is 0 Å². The van der Waals surface area contributed by atoms with Gasteiger partial charge in [-0.05, 0) is 38.0 Å². The fourth-order valence-electron chi connectivity index (χ4n) is 2.99. The van der Waals surface area contributed by atoms with Crippen LogP contribution in [0.15, 0.2) is 47.4 Å². The van der Waals surface area contributed by atoms with Gasteiger partial charge in [0.2, 0.25) is 0 Å². The Morgan fingerprint density at radius 2 is 1.96 bits per heavy atom. The van der Waals surface area contributed by atoms with Crippen molar-refractivity contribution in [1.82, 2.24) is 25.1 Å². The van der Waals surface area contributed by atoms with Gasteiger partial charge < -0.3 is 9.88 Å². The van der Waals surface area contributed by atoms with Gasteiger partial charge in [0.1, 0.15) is 11.4 Å². The Morgan fingerprint density at radius 3 is 2.63 bits per heavy atom. The molecule has 0 saturated heterocycles. The molecule has 2 heterocycles. The summed E-state index contributed by atoms with van der Waals surface area (Å²) in [6.07, 6.45) is 2.24. The molecule has 7 nitrogen and oxygen atoms in total. The lowest BCUT2D eigenvalue weighted by Gasteiger charge is -2.17. The molecule has 0 radical (unpaired) electrons. The van der Waals surface area contributed by atoms with Gasteiger partial charge >= 0.3 is 0 Å². The number of pyridine rings is 1. The standard InChI is InChI=1S/C20H23N5O2/c1-13-10-12-25(14(2)16-7-5-4-6-8-16)20(27)18(13)19(26)21-11-9-17-22-15(3)23-24-17/h4-8,10,12,14H,9,11H2,1-3H3,(H,21,26)(H,22,23,24). The van der Waals surface area contributed by atoms with Crippen LogP contribution in [0.25, 0.3) is 0 Å². The first-order chi connectivity index (χ1) is 13.0. The van der Waals surface area contributed by atoms with Crippen LogP contribution in [0.3, 0.4) is 0 Å². The Hall–Kier alpha value is -3.22. The number of nitrogens with zero attached hydrogens (tertiary/aromatic N) is 3. The van der Waals surface area contributed by atoms with Gasteiger partial charge in [-0.3, -0.25) is 14.7 Å². The summed E-state index contributed by atoms with van der Waals surface area (Å²) in [5.74, 6) is 0.986. The van der Waals surface area contributed by atoms with Gasteiger partial charge in [0.05, 0.1) is 6.04 Å². The van der Waals surface area contributed by atoms with E-state index in [0.717, 1.165) is 11.4 Å². The fraction of sp³-hybridized carbons (Fsp3) is 0.300. The molecular weight excluding hydrogens is 342 g/mol. The molecule has 3 rings (SSSR count). The molecule has 1 atom stereocenters. The Balaban J connectivity index is 1.78. The van der Waals surface area contributed by atoms with Crippen LogP contribution in [0.5, 0.6) is 0 Å². The molecule has 0 bridgehead atoms. The van der Waals surface area contributed by atoms with Gasteiger partial charge in [0.25, 0.3) is 11.5 Å². The van der Waals surface area contributed by atoms with Crippen LogP contribution in [0.2, 0.25) is 0 Å². The first-order valence-electron chi connectivity index (χ1n) is 8.90. The number of H-pyrrole nitrogens is 1. The number of aromatic amines is 1. The van der Waals surface area contributed by atoms with Crippen molar-refractivity contribution < 1.29 is 4.79 Å². The predicted molar refractivity (Wildman–Crippen MR) is 103 cm³/mol. The molecule has 27 heavy (non-hydrogen) atoms. The van der Waals surface area contributed by atoms with Crippen molar-refractivity contribution in [3.05, 3.63) is 81.3 Å².